The summed E-state index contributed by atoms with van der Waals surface area (Å²) in [7, 11) is 0. The van der Waals surface area contributed by atoms with Gasteiger partial charge in [-0.3, -0.25) is 4.48 Å². The molecule has 0 spiro atoms. The Morgan fingerprint density at radius 2 is 1.74 bits per heavy atom. The second-order valence-electron chi connectivity index (χ2n) is 7.45. The molecule has 0 amide bonds. The Labute approximate surface area is 163 Å². The summed E-state index contributed by atoms with van der Waals surface area (Å²) in [5.74, 6) is -1.20. The molecule has 0 saturated carbocycles. The van der Waals surface area contributed by atoms with E-state index in [2.05, 4.69) is 11.9 Å². The fourth-order valence-electron chi connectivity index (χ4n) is 3.70. The number of carboxylic acid groups (broad SMARTS) is 2. The molecular weight excluding hydrogens is 348 g/mol. The van der Waals surface area contributed by atoms with Crippen LogP contribution in [-0.2, 0) is 14.3 Å². The van der Waals surface area contributed by atoms with Crippen LogP contribution in [0.5, 0.6) is 0 Å². The van der Waals surface area contributed by atoms with E-state index in [0.717, 1.165) is 25.1 Å². The molecule has 0 fully saturated rings. The quantitative estimate of drug-likeness (QED) is 0.305. The molecule has 0 saturated heterocycles. The number of ether oxygens (including phenoxy) is 1. The van der Waals surface area contributed by atoms with Gasteiger partial charge in [0.1, 0.15) is 13.1 Å². The lowest BCUT2D eigenvalue weighted by molar-refractivity contribution is -0.829. The molecule has 1 heterocycles. The lowest BCUT2D eigenvalue weighted by Crippen LogP contribution is -2.55. The van der Waals surface area contributed by atoms with Gasteiger partial charge < -0.3 is 19.7 Å². The third-order valence-electron chi connectivity index (χ3n) is 5.20. The summed E-state index contributed by atoms with van der Waals surface area (Å²) in [6.45, 7) is 3.65. The van der Waals surface area contributed by atoms with E-state index in [4.69, 9.17) is 4.74 Å². The second-order valence-corrected chi connectivity index (χ2v) is 7.45. The summed E-state index contributed by atoms with van der Waals surface area (Å²) in [4.78, 5) is 26.4. The Hall–Kier alpha value is -1.47. The molecular formula is C20H36N2O5. The predicted molar refractivity (Wildman–Crippen MR) is 102 cm³/mol. The molecule has 1 unspecified atom stereocenters. The molecule has 1 N–H and O–H groups in total. The van der Waals surface area contributed by atoms with Crippen molar-refractivity contribution >= 4 is 17.8 Å². The van der Waals surface area contributed by atoms with Crippen molar-refractivity contribution in [3.63, 3.8) is 0 Å². The van der Waals surface area contributed by atoms with Gasteiger partial charge in [-0.25, -0.2) is 9.79 Å². The van der Waals surface area contributed by atoms with Gasteiger partial charge in [0.15, 0.2) is 12.4 Å². The van der Waals surface area contributed by atoms with Gasteiger partial charge in [0.25, 0.3) is 0 Å². The summed E-state index contributed by atoms with van der Waals surface area (Å²) in [6, 6.07) is 0. The molecule has 0 aromatic carbocycles. The number of rotatable bonds is 17. The predicted octanol–water partition coefficient (Wildman–Crippen LogP) is 1.99. The maximum atomic E-state index is 11.4. The monoisotopic (exact) mass is 384 g/mol. The standard InChI is InChI=1S/C20H36N2O5/c1-2-3-4-5-6-7-8-9-10-11-18-21-12-13-22(18,16-19(23)24)14-15-27-17-20(25)26/h2-17H2,1H3,(H-,23,24,25,26). The van der Waals surface area contributed by atoms with Crippen molar-refractivity contribution in [2.75, 3.05) is 39.4 Å². The van der Waals surface area contributed by atoms with Gasteiger partial charge in [0.2, 0.25) is 0 Å². The molecule has 0 aromatic heterocycles. The Kier molecular flexibility index (Phi) is 11.9. The third-order valence-corrected chi connectivity index (χ3v) is 5.20. The van der Waals surface area contributed by atoms with Gasteiger partial charge in [0.05, 0.1) is 25.7 Å². The molecule has 156 valence electrons. The molecule has 27 heavy (non-hydrogen) atoms. The molecule has 1 aliphatic heterocycles. The van der Waals surface area contributed by atoms with Crippen molar-refractivity contribution in [3.8, 4) is 0 Å². The van der Waals surface area contributed by atoms with Gasteiger partial charge in [0, 0.05) is 6.42 Å². The second kappa shape index (κ2) is 13.7. The smallest absolute Gasteiger partial charge is 0.359 e. The average Bonchev–Trinajstić information content (AvgIpc) is 2.99. The SMILES string of the molecule is CCCCCCCCCCCC1=NCC[N+]1(CCOCC(=O)[O-])CC(=O)O. The number of hydrogen-bond donors (Lipinski definition) is 1. The number of quaternary nitrogens is 1. The summed E-state index contributed by atoms with van der Waals surface area (Å²) < 4.78 is 5.38. The number of hydrogen-bond acceptors (Lipinski definition) is 5. The number of amidine groups is 1. The fraction of sp³-hybridized carbons (Fsp3) is 0.850. The summed E-state index contributed by atoms with van der Waals surface area (Å²) in [5, 5.41) is 19.8. The van der Waals surface area contributed by atoms with Crippen LogP contribution >= 0.6 is 0 Å². The summed E-state index contributed by atoms with van der Waals surface area (Å²) in [6.07, 6.45) is 12.0. The Bertz CT molecular complexity index is 481. The van der Waals surface area contributed by atoms with Gasteiger partial charge in [-0.05, 0) is 6.42 Å². The average molecular weight is 385 g/mol. The van der Waals surface area contributed by atoms with E-state index < -0.39 is 18.5 Å². The van der Waals surface area contributed by atoms with Crippen LogP contribution in [-0.4, -0.2) is 66.8 Å². The highest BCUT2D eigenvalue weighted by molar-refractivity contribution is 5.80. The third kappa shape index (κ3) is 9.86. The zero-order chi connectivity index (χ0) is 20.0. The van der Waals surface area contributed by atoms with Crippen LogP contribution in [0.2, 0.25) is 0 Å². The molecule has 1 atom stereocenters. The van der Waals surface area contributed by atoms with Crippen molar-refractivity contribution in [1.29, 1.82) is 0 Å². The van der Waals surface area contributed by atoms with Crippen LogP contribution in [0, 0.1) is 0 Å². The normalized spacial score (nSPS) is 19.2. The molecule has 7 heteroatoms. The minimum Gasteiger partial charge on any atom is -0.548 e. The highest BCUT2D eigenvalue weighted by atomic mass is 16.5. The molecule has 0 radical (unpaired) electrons. The van der Waals surface area contributed by atoms with Crippen molar-refractivity contribution in [1.82, 2.24) is 0 Å². The summed E-state index contributed by atoms with van der Waals surface area (Å²) >= 11 is 0. The van der Waals surface area contributed by atoms with Crippen LogP contribution in [0.3, 0.4) is 0 Å². The molecule has 1 rings (SSSR count). The Morgan fingerprint density at radius 3 is 2.33 bits per heavy atom. The zero-order valence-corrected chi connectivity index (χ0v) is 16.8. The first-order chi connectivity index (χ1) is 13.0. The van der Waals surface area contributed by atoms with E-state index >= 15 is 0 Å². The largest absolute Gasteiger partial charge is 0.548 e. The maximum Gasteiger partial charge on any atom is 0.359 e. The first kappa shape index (κ1) is 23.6. The number of carbonyl (C=O) groups excluding carboxylic acids is 1. The minimum atomic E-state index is -1.26. The van der Waals surface area contributed by atoms with Crippen LogP contribution in [0.4, 0.5) is 0 Å². The van der Waals surface area contributed by atoms with E-state index in [-0.39, 0.29) is 13.2 Å². The van der Waals surface area contributed by atoms with E-state index in [1.165, 1.54) is 44.9 Å². The number of carboxylic acids is 2. The Balaban J connectivity index is 2.34. The number of unbranched alkanes of at least 4 members (excludes halogenated alkanes) is 8. The highest BCUT2D eigenvalue weighted by Crippen LogP contribution is 2.20. The Morgan fingerprint density at radius 1 is 1.11 bits per heavy atom. The van der Waals surface area contributed by atoms with Crippen molar-refractivity contribution in [2.24, 2.45) is 4.99 Å². The van der Waals surface area contributed by atoms with Gasteiger partial charge in [-0.2, -0.15) is 0 Å². The van der Waals surface area contributed by atoms with Crippen molar-refractivity contribution < 1.29 is 29.0 Å². The van der Waals surface area contributed by atoms with Crippen LogP contribution in [0.1, 0.15) is 71.1 Å². The topological polar surface area (TPSA) is 99.0 Å². The lowest BCUT2D eigenvalue weighted by atomic mass is 10.1. The van der Waals surface area contributed by atoms with Crippen LogP contribution in [0.15, 0.2) is 4.99 Å². The summed E-state index contributed by atoms with van der Waals surface area (Å²) in [5.41, 5.74) is 0. The maximum absolute atomic E-state index is 11.4. The van der Waals surface area contributed by atoms with E-state index in [9.17, 15) is 19.8 Å². The molecule has 0 aromatic rings. The highest BCUT2D eigenvalue weighted by Gasteiger charge is 2.39. The van der Waals surface area contributed by atoms with Gasteiger partial charge >= 0.3 is 5.97 Å². The first-order valence-electron chi connectivity index (χ1n) is 10.4. The molecule has 0 bridgehead atoms. The first-order valence-corrected chi connectivity index (χ1v) is 10.4. The number of aliphatic imine (C=N–C) groups is 1. The number of carbonyl (C=O) groups is 2. The van der Waals surface area contributed by atoms with Gasteiger partial charge in [-0.1, -0.05) is 58.3 Å². The molecule has 1 aliphatic rings. The number of nitrogens with zero attached hydrogens (tertiary/aromatic N) is 2. The van der Waals surface area contributed by atoms with E-state index in [0.29, 0.717) is 24.1 Å². The molecule has 0 aliphatic carbocycles. The van der Waals surface area contributed by atoms with Gasteiger partial charge in [-0.15, -0.1) is 0 Å². The number of aliphatic carboxylic acids is 2. The molecule has 7 nitrogen and oxygen atoms in total. The lowest BCUT2D eigenvalue weighted by Gasteiger charge is -2.33. The van der Waals surface area contributed by atoms with Crippen LogP contribution in [0.25, 0.3) is 0 Å². The van der Waals surface area contributed by atoms with E-state index in [1.54, 1.807) is 0 Å². The van der Waals surface area contributed by atoms with E-state index in [1.807, 2.05) is 0 Å². The van der Waals surface area contributed by atoms with Crippen molar-refractivity contribution in [2.45, 2.75) is 71.1 Å². The zero-order valence-electron chi connectivity index (χ0n) is 16.8. The minimum absolute atomic E-state index is 0.0229. The van der Waals surface area contributed by atoms with Crippen LogP contribution < -0.4 is 5.11 Å². The fourth-order valence-corrected chi connectivity index (χ4v) is 3.70. The van der Waals surface area contributed by atoms with Crippen molar-refractivity contribution in [3.05, 3.63) is 0 Å².